The summed E-state index contributed by atoms with van der Waals surface area (Å²) in [7, 11) is 2.35. The van der Waals surface area contributed by atoms with Gasteiger partial charge in [-0.15, -0.1) is 0 Å². The quantitative estimate of drug-likeness (QED) is 0.0125. The van der Waals surface area contributed by atoms with Crippen molar-refractivity contribution >= 4 is 162 Å². The predicted octanol–water partition coefficient (Wildman–Crippen LogP) is -8.56. The van der Waals surface area contributed by atoms with E-state index in [-0.39, 0.29) is 128 Å². The van der Waals surface area contributed by atoms with Crippen molar-refractivity contribution in [2.75, 3.05) is 105 Å². The molecule has 0 saturated carbocycles. The minimum atomic E-state index is -2.11. The van der Waals surface area contributed by atoms with Gasteiger partial charge >= 0.3 is 24.0 Å². The Morgan fingerprint density at radius 3 is 1.26 bits per heavy atom. The van der Waals surface area contributed by atoms with Crippen LogP contribution in [0.5, 0.6) is 0 Å². The van der Waals surface area contributed by atoms with E-state index in [1.807, 2.05) is 0 Å². The molecule has 145 heavy (non-hydrogen) atoms. The zero-order valence-corrected chi connectivity index (χ0v) is 80.0. The molecule has 36 N–H and O–H groups in total. The van der Waals surface area contributed by atoms with E-state index in [0.717, 1.165) is 10.8 Å². The van der Waals surface area contributed by atoms with E-state index in [4.69, 9.17) is 21.9 Å². The molecular formula is C86H125N25O32S2. The minimum absolute atomic E-state index is 0.00165. The molecule has 0 radical (unpaired) electrons. The summed E-state index contributed by atoms with van der Waals surface area (Å²) in [6, 6.07) is 1.12. The third-order valence-corrected chi connectivity index (χ3v) is 23.7. The van der Waals surface area contributed by atoms with Gasteiger partial charge in [-0.25, -0.2) is 29.5 Å². The number of nitrogens with zero attached hydrogens (tertiary/aromatic N) is 7. The Morgan fingerprint density at radius 1 is 0.393 bits per heavy atom. The topological polar surface area (TPSA) is 938 Å². The number of nitrogens with two attached hydrogens (primary N) is 3. The molecule has 57 nitrogen and oxygen atoms in total. The summed E-state index contributed by atoms with van der Waals surface area (Å²) in [4.78, 5) is 246. The number of aliphatic hydroxyl groups excluding tert-OH is 12. The number of aromatic nitrogens is 8. The lowest BCUT2D eigenvalue weighted by Gasteiger charge is -2.27. The third kappa shape index (κ3) is 44.9. The largest absolute Gasteiger partial charge is 0.481 e. The van der Waals surface area contributed by atoms with Gasteiger partial charge in [-0.3, -0.25) is 72.1 Å². The molecule has 798 valence electrons. The van der Waals surface area contributed by atoms with Gasteiger partial charge in [0.15, 0.2) is 28.1 Å². The van der Waals surface area contributed by atoms with Crippen LogP contribution < -0.4 is 97.2 Å². The van der Waals surface area contributed by atoms with Crippen LogP contribution in [0.15, 0.2) is 65.7 Å². The van der Waals surface area contributed by atoms with Crippen molar-refractivity contribution in [2.45, 2.75) is 220 Å². The monoisotopic (exact) mass is 2080 g/mol. The number of aromatic amines is 1. The Kier molecular flexibility index (Phi) is 52.3. The fraction of sp³-hybridized carbons (Fsp3) is 0.547. The van der Waals surface area contributed by atoms with Crippen molar-refractivity contribution in [3.05, 3.63) is 93.8 Å². The minimum Gasteiger partial charge on any atom is -0.481 e. The summed E-state index contributed by atoms with van der Waals surface area (Å²) in [6.07, 6.45) is -22.2. The molecule has 4 heterocycles. The van der Waals surface area contributed by atoms with Crippen LogP contribution >= 0.6 is 21.6 Å². The highest BCUT2D eigenvalue weighted by atomic mass is 33.1. The second kappa shape index (κ2) is 63.3. The summed E-state index contributed by atoms with van der Waals surface area (Å²) in [5, 5.41) is 184. The summed E-state index contributed by atoms with van der Waals surface area (Å²) in [5.41, 5.74) is 19.3. The number of carbonyl (C=O) groups is 15. The maximum Gasteiger partial charge on any atom is 0.407 e. The molecule has 2 aromatic carbocycles. The predicted molar refractivity (Wildman–Crippen MR) is 515 cm³/mol. The van der Waals surface area contributed by atoms with E-state index in [1.165, 1.54) is 47.5 Å². The number of aliphatic carboxylic acids is 3. The van der Waals surface area contributed by atoms with Crippen LogP contribution in [0.25, 0.3) is 22.3 Å². The van der Waals surface area contributed by atoms with Crippen LogP contribution in [0.1, 0.15) is 148 Å². The SMILES string of the molecule is Nc1nc(N)c2nc(CNc3ccc(C(=O)N[C@@H](CCCCNC(=O)OCCSSCCNC(=O)[C@H](CCC(=O)NC[C@H](O)[C@@H](O)C[C@H](O)CO)NC(=O)[C@H](CCC(=O)O)NC(=O)[C@H](CCC(=O)NC[C@H](O)[C@@H](O)C[C@H](O)CO)NC(=O)[C@H](CCC(=O)O)NC(=O)[C@H](CCC(=O)NC[C@H](O)[C@@H](O)C[C@H](O)CO)NC(=O)CCCNC(=O)c4ccc(NCc5cnc6nc(N)[nH]c(=O)c6n5)cc4)C(=O)O)cc3)cnc2n1. The number of H-pyrrole nitrogens is 1. The van der Waals surface area contributed by atoms with E-state index in [2.05, 4.69) is 114 Å². The molecule has 6 aromatic rings. The molecule has 12 amide bonds. The molecule has 59 heteroatoms. The first-order valence-electron chi connectivity index (χ1n) is 45.7. The van der Waals surface area contributed by atoms with Gasteiger partial charge in [-0.1, -0.05) is 21.6 Å². The number of fused-ring (bicyclic) bond motifs is 2. The van der Waals surface area contributed by atoms with Gasteiger partial charge in [-0.2, -0.15) is 15.0 Å². The number of carbonyl (C=O) groups excluding carboxylic acids is 12. The van der Waals surface area contributed by atoms with Gasteiger partial charge in [0.25, 0.3) is 17.4 Å². The number of hydrogen-bond donors (Lipinski definition) is 33. The number of unbranched alkanes of at least 4 members (excludes halogenated alkanes) is 1. The molecule has 0 aliphatic heterocycles. The van der Waals surface area contributed by atoms with Crippen molar-refractivity contribution in [3.8, 4) is 0 Å². The third-order valence-electron chi connectivity index (χ3n) is 21.3. The number of amides is 12. The van der Waals surface area contributed by atoms with Gasteiger partial charge in [0.05, 0.1) is 112 Å². The smallest absolute Gasteiger partial charge is 0.407 e. The average Bonchev–Trinajstić information content (AvgIpc) is 0.811. The first kappa shape index (κ1) is 120. The lowest BCUT2D eigenvalue weighted by Crippen LogP contribution is -2.59. The molecule has 0 spiro atoms. The Labute approximate surface area is 833 Å². The normalized spacial score (nSPS) is 14.4. The molecule has 0 saturated heterocycles. The number of nitrogens with one attached hydrogen (secondary N) is 15. The molecule has 6 rings (SSSR count). The number of carboxylic acid groups (broad SMARTS) is 3. The number of benzene rings is 2. The summed E-state index contributed by atoms with van der Waals surface area (Å²) in [5.74, 6) is -15.8. The zero-order valence-electron chi connectivity index (χ0n) is 78.4. The van der Waals surface area contributed by atoms with Crippen molar-refractivity contribution in [1.29, 1.82) is 0 Å². The summed E-state index contributed by atoms with van der Waals surface area (Å²) >= 11 is 0. The van der Waals surface area contributed by atoms with Crippen molar-refractivity contribution in [3.63, 3.8) is 0 Å². The van der Waals surface area contributed by atoms with Crippen LogP contribution in [0.2, 0.25) is 0 Å². The molecule has 0 bridgehead atoms. The van der Waals surface area contributed by atoms with E-state index >= 15 is 0 Å². The first-order chi connectivity index (χ1) is 69.0. The number of carboxylic acids is 3. The number of aliphatic hydroxyl groups is 12. The Bertz CT molecular complexity index is 5340. The van der Waals surface area contributed by atoms with Gasteiger partial charge in [0.2, 0.25) is 65.1 Å². The highest BCUT2D eigenvalue weighted by molar-refractivity contribution is 8.76. The van der Waals surface area contributed by atoms with Gasteiger partial charge < -0.3 is 173 Å². The maximum atomic E-state index is 14.8. The maximum absolute atomic E-state index is 14.8. The Hall–Kier alpha value is -13.9. The van der Waals surface area contributed by atoms with E-state index in [9.17, 15) is 153 Å². The number of rotatable bonds is 69. The van der Waals surface area contributed by atoms with Crippen molar-refractivity contribution in [1.82, 2.24) is 104 Å². The van der Waals surface area contributed by atoms with Gasteiger partial charge in [0, 0.05) is 131 Å². The number of hydrogen-bond acceptors (Lipinski definition) is 43. The second-order valence-electron chi connectivity index (χ2n) is 32.9. The Morgan fingerprint density at radius 2 is 0.807 bits per heavy atom. The number of anilines is 5. The second-order valence-corrected chi connectivity index (χ2v) is 35.6. The highest BCUT2D eigenvalue weighted by Gasteiger charge is 2.36. The first-order valence-corrected chi connectivity index (χ1v) is 48.2. The molecular weight excluding hydrogens is 1960 g/mol. The van der Waals surface area contributed by atoms with E-state index in [1.54, 1.807) is 24.3 Å². The van der Waals surface area contributed by atoms with Gasteiger partial charge in [0.1, 0.15) is 42.9 Å². The van der Waals surface area contributed by atoms with Gasteiger partial charge in [-0.05, 0) is 106 Å². The van der Waals surface area contributed by atoms with Crippen LogP contribution in [0, 0.1) is 0 Å². The van der Waals surface area contributed by atoms with E-state index < -0.39 is 315 Å². The molecule has 0 aliphatic carbocycles. The number of ether oxygens (including phenoxy) is 1. The molecule has 0 aliphatic rings. The lowest BCUT2D eigenvalue weighted by molar-refractivity contribution is -0.140. The van der Waals surface area contributed by atoms with Crippen molar-refractivity contribution < 1.29 is 153 Å². The van der Waals surface area contributed by atoms with Crippen LogP contribution in [0.4, 0.5) is 33.9 Å². The lowest BCUT2D eigenvalue weighted by atomic mass is 10.0. The molecule has 0 fully saturated rings. The Balaban J connectivity index is 1.11. The molecule has 15 atom stereocenters. The summed E-state index contributed by atoms with van der Waals surface area (Å²) < 4.78 is 5.24. The molecule has 4 aromatic heterocycles. The number of alkyl carbamates (subject to hydrolysis) is 1. The fourth-order valence-electron chi connectivity index (χ4n) is 13.3. The standard InChI is InChI=1S/C86H125N25O32S2/c87-72-70-73(109-84(88)108-72)98-35-47(100-70)33-93-46-12-8-44(9-13-46)76(133)107-57(83(140)141)4-1-2-24-92-86(142)143-27-29-145-144-28-26-91-77(134)52(14-19-64(124)95-37-61(121)58(118)30-49(115)40-112)103-80(137)55(17-22-68(128)129)106-79(136)54(16-21-66(126)97-39-63(123)60(120)32-51(117)42-114)104-81(138)56(18-23-69(130)131)105-78(135)53(15-20-65(125)96-38-62(122)59(119)31-50(116)41-113)102-67(127)5-3-25-90-75(132)43-6-10-45(11-7-43)94-34-48-36-99-74-71(101-48)82(139)111-85(89)110-74/h6-13,35-36,49-63,93-94,112-123H,1-5,14-34,37-42H2,(H,90,132)(H,91,134)(H,92,142)(H,95,124)(H,96,125)(H,97,126)(H,102,127)(H,103,137)(H,104,138)(H,105,135)(H,106,136)(H,107,133)(H,128,129)(H,130,131)(H,140,141)(H4,87,88,98,108,109)(H3,89,99,110,111,139)/t49-,50-,51-,52-,53-,54-,55-,56-,57-,58-,59-,60-,61-,62-,63-/m0/s1. The van der Waals surface area contributed by atoms with E-state index in [0.29, 0.717) is 22.8 Å². The fourth-order valence-corrected chi connectivity index (χ4v) is 15.0. The number of nitrogen functional groups attached to an aromatic ring is 3. The van der Waals surface area contributed by atoms with Crippen LogP contribution in [-0.2, 0) is 75.4 Å². The van der Waals surface area contributed by atoms with Crippen LogP contribution in [-0.4, -0.2) is 374 Å². The average molecular weight is 2090 g/mol. The van der Waals surface area contributed by atoms with Crippen molar-refractivity contribution in [2.24, 2.45) is 0 Å². The summed E-state index contributed by atoms with van der Waals surface area (Å²) in [6.45, 7) is -4.56. The highest BCUT2D eigenvalue weighted by Crippen LogP contribution is 2.22. The zero-order chi connectivity index (χ0) is 107. The van der Waals surface area contributed by atoms with Crippen LogP contribution in [0.3, 0.4) is 0 Å². The molecule has 0 unspecified atom stereocenters.